The van der Waals surface area contributed by atoms with Crippen molar-refractivity contribution in [3.63, 3.8) is 0 Å². The molecule has 190 valence electrons. The van der Waals surface area contributed by atoms with Crippen LogP contribution in [0.15, 0.2) is 78.9 Å². The van der Waals surface area contributed by atoms with Gasteiger partial charge in [0.2, 0.25) is 11.8 Å². The topological polar surface area (TPSA) is 58.6 Å². The van der Waals surface area contributed by atoms with E-state index in [-0.39, 0.29) is 18.2 Å². The molecule has 0 aromatic heterocycles. The van der Waals surface area contributed by atoms with Crippen LogP contribution in [0.3, 0.4) is 0 Å². The van der Waals surface area contributed by atoms with E-state index in [9.17, 15) is 9.59 Å². The van der Waals surface area contributed by atoms with Crippen molar-refractivity contribution in [1.82, 2.24) is 10.2 Å². The third-order valence-corrected chi connectivity index (χ3v) is 6.29. The highest BCUT2D eigenvalue weighted by Crippen LogP contribution is 2.19. The lowest BCUT2D eigenvalue weighted by Gasteiger charge is -2.32. The highest BCUT2D eigenvalue weighted by molar-refractivity contribution is 6.30. The fourth-order valence-electron chi connectivity index (χ4n) is 3.98. The van der Waals surface area contributed by atoms with E-state index in [4.69, 9.17) is 16.3 Å². The number of ether oxygens (including phenoxy) is 1. The number of hydrogen-bond donors (Lipinski definition) is 1. The fraction of sp³-hybridized carbons (Fsp3) is 0.333. The van der Waals surface area contributed by atoms with Crippen LogP contribution < -0.4 is 10.1 Å². The van der Waals surface area contributed by atoms with Gasteiger partial charge in [-0.1, -0.05) is 73.1 Å². The van der Waals surface area contributed by atoms with E-state index in [1.54, 1.807) is 17.0 Å². The highest BCUT2D eigenvalue weighted by Gasteiger charge is 2.30. The first kappa shape index (κ1) is 27.3. The van der Waals surface area contributed by atoms with Gasteiger partial charge in [0.15, 0.2) is 0 Å². The van der Waals surface area contributed by atoms with Crippen molar-refractivity contribution in [2.45, 2.75) is 52.1 Å². The van der Waals surface area contributed by atoms with Crippen LogP contribution in [0.2, 0.25) is 5.02 Å². The first-order chi connectivity index (χ1) is 17.5. The maximum atomic E-state index is 13.6. The van der Waals surface area contributed by atoms with Gasteiger partial charge in [0.05, 0.1) is 6.61 Å². The zero-order valence-corrected chi connectivity index (χ0v) is 21.8. The van der Waals surface area contributed by atoms with Gasteiger partial charge in [-0.2, -0.15) is 0 Å². The molecule has 5 nitrogen and oxygen atoms in total. The molecule has 0 spiro atoms. The second kappa shape index (κ2) is 14.3. The van der Waals surface area contributed by atoms with Crippen molar-refractivity contribution < 1.29 is 14.3 Å². The van der Waals surface area contributed by atoms with E-state index in [2.05, 4.69) is 5.32 Å². The van der Waals surface area contributed by atoms with E-state index in [0.29, 0.717) is 43.3 Å². The number of hydrogen-bond acceptors (Lipinski definition) is 3. The molecule has 2 amide bonds. The molecule has 1 atom stereocenters. The Labute approximate surface area is 219 Å². The fourth-order valence-corrected chi connectivity index (χ4v) is 4.10. The first-order valence-electron chi connectivity index (χ1n) is 12.5. The number of nitrogens with one attached hydrogen (secondary N) is 1. The number of aryl methyl sites for hydroxylation is 1. The van der Waals surface area contributed by atoms with Gasteiger partial charge in [-0.15, -0.1) is 0 Å². The van der Waals surface area contributed by atoms with E-state index in [1.165, 1.54) is 0 Å². The molecule has 0 saturated carbocycles. The molecule has 0 unspecified atom stereocenters. The predicted octanol–water partition coefficient (Wildman–Crippen LogP) is 5.97. The number of carbonyl (C=O) groups excluding carboxylic acids is 2. The van der Waals surface area contributed by atoms with Gasteiger partial charge in [0.25, 0.3) is 0 Å². The minimum absolute atomic E-state index is 0.0643. The Hall–Kier alpha value is -3.31. The van der Waals surface area contributed by atoms with Crippen molar-refractivity contribution in [3.05, 3.63) is 101 Å². The number of carbonyl (C=O) groups is 2. The van der Waals surface area contributed by atoms with E-state index in [1.807, 2.05) is 80.6 Å². The van der Waals surface area contributed by atoms with Gasteiger partial charge in [-0.25, -0.2) is 0 Å². The smallest absolute Gasteiger partial charge is 0.243 e. The van der Waals surface area contributed by atoms with Crippen molar-refractivity contribution >= 4 is 23.4 Å². The average molecular weight is 507 g/mol. The molecule has 3 aromatic carbocycles. The average Bonchev–Trinajstić information content (AvgIpc) is 2.89. The van der Waals surface area contributed by atoms with Gasteiger partial charge in [-0.3, -0.25) is 9.59 Å². The van der Waals surface area contributed by atoms with Crippen LogP contribution in [-0.4, -0.2) is 35.9 Å². The summed E-state index contributed by atoms with van der Waals surface area (Å²) < 4.78 is 5.78. The molecule has 0 aliphatic heterocycles. The molecule has 0 heterocycles. The zero-order valence-electron chi connectivity index (χ0n) is 21.1. The largest absolute Gasteiger partial charge is 0.494 e. The molecule has 0 aliphatic carbocycles. The molecule has 0 radical (unpaired) electrons. The number of benzene rings is 3. The highest BCUT2D eigenvalue weighted by atomic mass is 35.5. The Kier molecular flexibility index (Phi) is 10.8. The third-order valence-electron chi connectivity index (χ3n) is 6.04. The second-order valence-electron chi connectivity index (χ2n) is 8.85. The normalized spacial score (nSPS) is 11.5. The number of amides is 2. The van der Waals surface area contributed by atoms with Crippen LogP contribution in [0, 0.1) is 6.92 Å². The Morgan fingerprint density at radius 1 is 0.972 bits per heavy atom. The molecule has 6 heteroatoms. The summed E-state index contributed by atoms with van der Waals surface area (Å²) in [6.07, 6.45) is 2.11. The Morgan fingerprint density at radius 3 is 2.36 bits per heavy atom. The summed E-state index contributed by atoms with van der Waals surface area (Å²) in [6, 6.07) is 24.4. The Bertz CT molecular complexity index is 1100. The van der Waals surface area contributed by atoms with Crippen molar-refractivity contribution in [2.24, 2.45) is 0 Å². The summed E-state index contributed by atoms with van der Waals surface area (Å²) in [5.74, 6) is 0.523. The maximum Gasteiger partial charge on any atom is 0.243 e. The lowest BCUT2D eigenvalue weighted by molar-refractivity contribution is -0.141. The van der Waals surface area contributed by atoms with Crippen LogP contribution in [0.1, 0.15) is 42.9 Å². The zero-order chi connectivity index (χ0) is 25.8. The van der Waals surface area contributed by atoms with Gasteiger partial charge >= 0.3 is 0 Å². The Morgan fingerprint density at radius 2 is 1.67 bits per heavy atom. The standard InChI is InChI=1S/C30H35ClN2O3/c1-3-19-32-30(35)28(21-24-11-5-4-6-12-24)33(22-25-13-8-7-10-23(25)2)29(34)14-9-20-36-27-17-15-26(31)16-18-27/h4-8,10-13,15-18,28H,3,9,14,19-22H2,1-2H3,(H,32,35)/t28-/m1/s1. The van der Waals surface area contributed by atoms with Gasteiger partial charge < -0.3 is 15.0 Å². The second-order valence-corrected chi connectivity index (χ2v) is 9.29. The molecule has 36 heavy (non-hydrogen) atoms. The maximum absolute atomic E-state index is 13.6. The van der Waals surface area contributed by atoms with E-state index >= 15 is 0 Å². The van der Waals surface area contributed by atoms with Crippen molar-refractivity contribution in [2.75, 3.05) is 13.2 Å². The molecule has 3 rings (SSSR count). The van der Waals surface area contributed by atoms with Crippen LogP contribution in [0.5, 0.6) is 5.75 Å². The first-order valence-corrected chi connectivity index (χ1v) is 12.9. The summed E-state index contributed by atoms with van der Waals surface area (Å²) in [4.78, 5) is 28.7. The minimum Gasteiger partial charge on any atom is -0.494 e. The van der Waals surface area contributed by atoms with Crippen LogP contribution in [-0.2, 0) is 22.6 Å². The minimum atomic E-state index is -0.608. The predicted molar refractivity (Wildman–Crippen MR) is 145 cm³/mol. The van der Waals surface area contributed by atoms with Gasteiger partial charge in [0.1, 0.15) is 11.8 Å². The third kappa shape index (κ3) is 8.42. The summed E-state index contributed by atoms with van der Waals surface area (Å²) in [7, 11) is 0. The molecule has 3 aromatic rings. The van der Waals surface area contributed by atoms with Gasteiger partial charge in [-0.05, 0) is 60.7 Å². The van der Waals surface area contributed by atoms with Gasteiger partial charge in [0, 0.05) is 31.0 Å². The van der Waals surface area contributed by atoms with Crippen LogP contribution in [0.25, 0.3) is 0 Å². The molecule has 0 saturated heterocycles. The molecule has 0 fully saturated rings. The van der Waals surface area contributed by atoms with Crippen LogP contribution >= 0.6 is 11.6 Å². The molecule has 1 N–H and O–H groups in total. The monoisotopic (exact) mass is 506 g/mol. The lowest BCUT2D eigenvalue weighted by atomic mass is 10.0. The Balaban J connectivity index is 1.78. The molecule has 0 bridgehead atoms. The van der Waals surface area contributed by atoms with E-state index < -0.39 is 6.04 Å². The number of rotatable bonds is 13. The molecular weight excluding hydrogens is 472 g/mol. The lowest BCUT2D eigenvalue weighted by Crippen LogP contribution is -2.50. The van der Waals surface area contributed by atoms with Crippen molar-refractivity contribution in [3.8, 4) is 5.75 Å². The quantitative estimate of drug-likeness (QED) is 0.290. The number of halogens is 1. The van der Waals surface area contributed by atoms with E-state index in [0.717, 1.165) is 23.1 Å². The SMILES string of the molecule is CCCNC(=O)[C@@H](Cc1ccccc1)N(Cc1ccccc1C)C(=O)CCCOc1ccc(Cl)cc1. The summed E-state index contributed by atoms with van der Waals surface area (Å²) in [6.45, 7) is 5.40. The van der Waals surface area contributed by atoms with Crippen molar-refractivity contribution in [1.29, 1.82) is 0 Å². The summed E-state index contributed by atoms with van der Waals surface area (Å²) >= 11 is 5.93. The molecule has 0 aliphatic rings. The summed E-state index contributed by atoms with van der Waals surface area (Å²) in [5.41, 5.74) is 3.14. The van der Waals surface area contributed by atoms with Crippen LogP contribution in [0.4, 0.5) is 0 Å². The summed E-state index contributed by atoms with van der Waals surface area (Å²) in [5, 5.41) is 3.66. The molecular formula is C30H35ClN2O3. The number of nitrogens with zero attached hydrogens (tertiary/aromatic N) is 1.